The summed E-state index contributed by atoms with van der Waals surface area (Å²) >= 11 is 0. The third-order valence-electron chi connectivity index (χ3n) is 3.55. The molecule has 1 amide bonds. The second-order valence-corrected chi connectivity index (χ2v) is 5.59. The van der Waals surface area contributed by atoms with Crippen molar-refractivity contribution in [2.45, 2.75) is 26.7 Å². The summed E-state index contributed by atoms with van der Waals surface area (Å²) in [5, 5.41) is 6.17. The van der Waals surface area contributed by atoms with Crippen molar-refractivity contribution >= 4 is 5.91 Å². The van der Waals surface area contributed by atoms with E-state index < -0.39 is 0 Å². The van der Waals surface area contributed by atoms with Gasteiger partial charge in [-0.25, -0.2) is 0 Å². The molecule has 0 aliphatic carbocycles. The first-order valence-corrected chi connectivity index (χ1v) is 8.13. The molecule has 0 radical (unpaired) electrons. The lowest BCUT2D eigenvalue weighted by molar-refractivity contribution is 0.0941. The minimum Gasteiger partial charge on any atom is -0.490 e. The Kier molecular flexibility index (Phi) is 6.52. The van der Waals surface area contributed by atoms with Crippen molar-refractivity contribution in [1.29, 1.82) is 0 Å². The van der Waals surface area contributed by atoms with Gasteiger partial charge in [0, 0.05) is 31.1 Å². The van der Waals surface area contributed by atoms with Gasteiger partial charge in [-0.2, -0.15) is 0 Å². The van der Waals surface area contributed by atoms with E-state index in [4.69, 9.17) is 9.47 Å². The zero-order valence-corrected chi connectivity index (χ0v) is 13.5. The Hall–Kier alpha value is -1.75. The summed E-state index contributed by atoms with van der Waals surface area (Å²) in [5.74, 6) is 1.84. The first-order valence-electron chi connectivity index (χ1n) is 8.13. The quantitative estimate of drug-likeness (QED) is 0.734. The molecule has 0 saturated carbocycles. The van der Waals surface area contributed by atoms with Gasteiger partial charge >= 0.3 is 0 Å². The van der Waals surface area contributed by atoms with Crippen molar-refractivity contribution in [3.8, 4) is 11.5 Å². The third kappa shape index (κ3) is 4.63. The van der Waals surface area contributed by atoms with Crippen molar-refractivity contribution in [2.24, 2.45) is 5.92 Å². The summed E-state index contributed by atoms with van der Waals surface area (Å²) < 4.78 is 11.4. The Morgan fingerprint density at radius 1 is 1.18 bits per heavy atom. The summed E-state index contributed by atoms with van der Waals surface area (Å²) in [6.45, 7) is 8.04. The van der Waals surface area contributed by atoms with Crippen LogP contribution in [0.3, 0.4) is 0 Å². The molecule has 0 spiro atoms. The normalized spacial score (nSPS) is 14.3. The molecule has 5 nitrogen and oxygen atoms in total. The maximum Gasteiger partial charge on any atom is 0.251 e. The Morgan fingerprint density at radius 2 is 1.86 bits per heavy atom. The van der Waals surface area contributed by atoms with E-state index in [9.17, 15) is 4.79 Å². The lowest BCUT2D eigenvalue weighted by Gasteiger charge is -2.27. The van der Waals surface area contributed by atoms with Crippen LogP contribution < -0.4 is 20.1 Å². The average Bonchev–Trinajstić information content (AvgIpc) is 2.49. The zero-order chi connectivity index (χ0) is 15.8. The fraction of sp³-hybridized carbons (Fsp3) is 0.588. The first kappa shape index (κ1) is 16.6. The molecule has 2 rings (SSSR count). The highest BCUT2D eigenvalue weighted by Gasteiger charge is 2.18. The first-order chi connectivity index (χ1) is 10.7. The molecule has 0 bridgehead atoms. The molecule has 122 valence electrons. The van der Waals surface area contributed by atoms with E-state index >= 15 is 0 Å². The molecule has 0 aromatic heterocycles. The Morgan fingerprint density at radius 3 is 2.45 bits per heavy atom. The van der Waals surface area contributed by atoms with Gasteiger partial charge in [0.05, 0.1) is 13.2 Å². The monoisotopic (exact) mass is 306 g/mol. The highest BCUT2D eigenvalue weighted by Crippen LogP contribution is 2.29. The minimum absolute atomic E-state index is 0.0599. The van der Waals surface area contributed by atoms with Crippen molar-refractivity contribution < 1.29 is 14.3 Å². The molecular weight excluding hydrogens is 280 g/mol. The van der Waals surface area contributed by atoms with E-state index in [-0.39, 0.29) is 5.91 Å². The maximum atomic E-state index is 12.2. The molecule has 1 aliphatic heterocycles. The molecule has 0 atom stereocenters. The molecule has 2 N–H and O–H groups in total. The van der Waals surface area contributed by atoms with Gasteiger partial charge in [-0.1, -0.05) is 13.8 Å². The number of hydrogen-bond acceptors (Lipinski definition) is 4. The Bertz CT molecular complexity index is 487. The van der Waals surface area contributed by atoms with Crippen LogP contribution in [-0.2, 0) is 0 Å². The highest BCUT2D eigenvalue weighted by atomic mass is 16.5. The standard InChI is InChI=1S/C17H26N2O3/c1-3-7-21-15-6-5-14(9-16(15)22-8-4-2)17(20)19-12-13-10-18-11-13/h5-6,9,13,18H,3-4,7-8,10-12H2,1-2H3,(H,19,20). The lowest BCUT2D eigenvalue weighted by Crippen LogP contribution is -2.48. The second kappa shape index (κ2) is 8.63. The van der Waals surface area contributed by atoms with E-state index in [1.54, 1.807) is 12.1 Å². The van der Waals surface area contributed by atoms with Crippen molar-refractivity contribution in [1.82, 2.24) is 10.6 Å². The Balaban J connectivity index is 2.01. The summed E-state index contributed by atoms with van der Waals surface area (Å²) in [5.41, 5.74) is 0.613. The van der Waals surface area contributed by atoms with Gasteiger partial charge in [0.2, 0.25) is 0 Å². The number of rotatable bonds is 9. The molecule has 22 heavy (non-hydrogen) atoms. The van der Waals surface area contributed by atoms with E-state index in [0.29, 0.717) is 42.7 Å². The van der Waals surface area contributed by atoms with Crippen LogP contribution in [0.5, 0.6) is 11.5 Å². The van der Waals surface area contributed by atoms with Crippen LogP contribution in [0.1, 0.15) is 37.0 Å². The van der Waals surface area contributed by atoms with Gasteiger partial charge in [0.25, 0.3) is 5.91 Å². The number of amides is 1. The fourth-order valence-electron chi connectivity index (χ4n) is 2.14. The van der Waals surface area contributed by atoms with E-state index in [0.717, 1.165) is 25.9 Å². The smallest absolute Gasteiger partial charge is 0.251 e. The molecular formula is C17H26N2O3. The van der Waals surface area contributed by atoms with Crippen LogP contribution in [0.15, 0.2) is 18.2 Å². The van der Waals surface area contributed by atoms with E-state index in [2.05, 4.69) is 24.5 Å². The van der Waals surface area contributed by atoms with Crippen LogP contribution in [0.2, 0.25) is 0 Å². The van der Waals surface area contributed by atoms with Crippen LogP contribution in [0.25, 0.3) is 0 Å². The molecule has 1 aliphatic rings. The molecule has 5 heteroatoms. The van der Waals surface area contributed by atoms with Gasteiger partial charge < -0.3 is 20.1 Å². The molecule has 0 unspecified atom stereocenters. The van der Waals surface area contributed by atoms with Gasteiger partial charge in [0.15, 0.2) is 11.5 Å². The van der Waals surface area contributed by atoms with Gasteiger partial charge in [-0.15, -0.1) is 0 Å². The predicted octanol–water partition coefficient (Wildman–Crippen LogP) is 2.21. The number of nitrogens with one attached hydrogen (secondary N) is 2. The summed E-state index contributed by atoms with van der Waals surface area (Å²) in [4.78, 5) is 12.2. The molecule has 1 saturated heterocycles. The number of benzene rings is 1. The van der Waals surface area contributed by atoms with Crippen LogP contribution in [0.4, 0.5) is 0 Å². The maximum absolute atomic E-state index is 12.2. The third-order valence-corrected chi connectivity index (χ3v) is 3.55. The number of hydrogen-bond donors (Lipinski definition) is 2. The molecule has 1 aromatic carbocycles. The molecule has 1 aromatic rings. The lowest BCUT2D eigenvalue weighted by atomic mass is 10.0. The number of carbonyl (C=O) groups excluding carboxylic acids is 1. The summed E-state index contributed by atoms with van der Waals surface area (Å²) in [6.07, 6.45) is 1.85. The SMILES string of the molecule is CCCOc1ccc(C(=O)NCC2CNC2)cc1OCCC. The highest BCUT2D eigenvalue weighted by molar-refractivity contribution is 5.94. The zero-order valence-electron chi connectivity index (χ0n) is 13.5. The topological polar surface area (TPSA) is 59.6 Å². The van der Waals surface area contributed by atoms with Crippen LogP contribution >= 0.6 is 0 Å². The summed E-state index contributed by atoms with van der Waals surface area (Å²) in [7, 11) is 0. The molecule has 1 fully saturated rings. The largest absolute Gasteiger partial charge is 0.490 e. The van der Waals surface area contributed by atoms with Crippen LogP contribution in [0, 0.1) is 5.92 Å². The van der Waals surface area contributed by atoms with Crippen LogP contribution in [-0.4, -0.2) is 38.8 Å². The van der Waals surface area contributed by atoms with Crippen molar-refractivity contribution in [3.63, 3.8) is 0 Å². The van der Waals surface area contributed by atoms with Crippen molar-refractivity contribution in [3.05, 3.63) is 23.8 Å². The minimum atomic E-state index is -0.0599. The van der Waals surface area contributed by atoms with Gasteiger partial charge in [-0.05, 0) is 31.0 Å². The van der Waals surface area contributed by atoms with Gasteiger partial charge in [-0.3, -0.25) is 4.79 Å². The average molecular weight is 306 g/mol. The van der Waals surface area contributed by atoms with Gasteiger partial charge in [0.1, 0.15) is 0 Å². The number of ether oxygens (including phenoxy) is 2. The van der Waals surface area contributed by atoms with E-state index in [1.165, 1.54) is 0 Å². The van der Waals surface area contributed by atoms with Crippen molar-refractivity contribution in [2.75, 3.05) is 32.8 Å². The Labute approximate surface area is 132 Å². The summed E-state index contributed by atoms with van der Waals surface area (Å²) in [6, 6.07) is 5.38. The van der Waals surface area contributed by atoms with E-state index in [1.807, 2.05) is 6.07 Å². The number of carbonyl (C=O) groups is 1. The molecule has 1 heterocycles. The second-order valence-electron chi connectivity index (χ2n) is 5.59. The predicted molar refractivity (Wildman–Crippen MR) is 86.7 cm³/mol. The fourth-order valence-corrected chi connectivity index (χ4v) is 2.14.